The number of hydrogen-bond donors (Lipinski definition) is 0. The molecule has 410 valence electrons. The summed E-state index contributed by atoms with van der Waals surface area (Å²) in [7, 11) is 0. The predicted octanol–water partition coefficient (Wildman–Crippen LogP) is 20.8. The fraction of sp³-hybridized carbons (Fsp3) is 0.952. The van der Waals surface area contributed by atoms with Crippen molar-refractivity contribution in [3.63, 3.8) is 0 Å². The Morgan fingerprint density at radius 2 is 0.507 bits per heavy atom. The highest BCUT2D eigenvalue weighted by atomic mass is 16.6. The van der Waals surface area contributed by atoms with Crippen LogP contribution in [-0.2, 0) is 28.6 Å². The largest absolute Gasteiger partial charge is 0.462 e. The van der Waals surface area contributed by atoms with E-state index in [2.05, 4.69) is 34.6 Å². The van der Waals surface area contributed by atoms with Crippen molar-refractivity contribution in [3.05, 3.63) is 0 Å². The van der Waals surface area contributed by atoms with E-state index < -0.39 is 6.10 Å². The molecule has 0 rings (SSSR count). The molecule has 0 N–H and O–H groups in total. The third kappa shape index (κ3) is 54.0. The summed E-state index contributed by atoms with van der Waals surface area (Å²) in [5.41, 5.74) is 0. The first kappa shape index (κ1) is 67.4. The third-order valence-corrected chi connectivity index (χ3v) is 15.2. The molecule has 0 aliphatic rings. The van der Waals surface area contributed by atoms with Gasteiger partial charge in [-0.2, -0.15) is 0 Å². The van der Waals surface area contributed by atoms with Gasteiger partial charge in [-0.3, -0.25) is 14.4 Å². The average molecular weight is 976 g/mol. The van der Waals surface area contributed by atoms with Crippen LogP contribution in [0.3, 0.4) is 0 Å². The quantitative estimate of drug-likeness (QED) is 0.0343. The van der Waals surface area contributed by atoms with E-state index in [0.717, 1.165) is 69.6 Å². The van der Waals surface area contributed by atoms with Crippen LogP contribution < -0.4 is 0 Å². The van der Waals surface area contributed by atoms with Crippen LogP contribution in [0, 0.1) is 11.8 Å². The van der Waals surface area contributed by atoms with Gasteiger partial charge >= 0.3 is 17.9 Å². The molecule has 3 atom stereocenters. The van der Waals surface area contributed by atoms with Crippen LogP contribution in [0.4, 0.5) is 0 Å². The van der Waals surface area contributed by atoms with E-state index in [1.807, 2.05) is 0 Å². The van der Waals surface area contributed by atoms with Crippen molar-refractivity contribution in [2.45, 2.75) is 362 Å². The molecular formula is C63H122O6. The van der Waals surface area contributed by atoms with E-state index in [9.17, 15) is 14.4 Å². The van der Waals surface area contributed by atoms with Crippen molar-refractivity contribution in [2.24, 2.45) is 11.8 Å². The first-order valence-corrected chi connectivity index (χ1v) is 31.3. The van der Waals surface area contributed by atoms with Gasteiger partial charge in [-0.05, 0) is 31.1 Å². The molecule has 0 radical (unpaired) electrons. The Bertz CT molecular complexity index is 1060. The van der Waals surface area contributed by atoms with Gasteiger partial charge in [0.05, 0.1) is 0 Å². The number of rotatable bonds is 57. The van der Waals surface area contributed by atoms with E-state index in [0.29, 0.717) is 19.3 Å². The normalized spacial score (nSPS) is 12.8. The summed E-state index contributed by atoms with van der Waals surface area (Å²) in [6.07, 6.45) is 60.9. The molecule has 0 aromatic heterocycles. The summed E-state index contributed by atoms with van der Waals surface area (Å²) >= 11 is 0. The third-order valence-electron chi connectivity index (χ3n) is 15.2. The number of carbonyl (C=O) groups is 3. The maximum absolute atomic E-state index is 12.8. The Morgan fingerprint density at radius 1 is 0.290 bits per heavy atom. The van der Waals surface area contributed by atoms with Crippen LogP contribution in [0.15, 0.2) is 0 Å². The van der Waals surface area contributed by atoms with Crippen molar-refractivity contribution in [1.82, 2.24) is 0 Å². The van der Waals surface area contributed by atoms with Crippen molar-refractivity contribution >= 4 is 17.9 Å². The molecule has 0 saturated carbocycles. The van der Waals surface area contributed by atoms with Crippen LogP contribution in [0.25, 0.3) is 0 Å². The molecule has 6 nitrogen and oxygen atoms in total. The van der Waals surface area contributed by atoms with E-state index in [1.54, 1.807) is 0 Å². The summed E-state index contributed by atoms with van der Waals surface area (Å²) in [6, 6.07) is 0. The lowest BCUT2D eigenvalue weighted by atomic mass is 9.99. The fourth-order valence-corrected chi connectivity index (χ4v) is 9.69. The van der Waals surface area contributed by atoms with Crippen molar-refractivity contribution in [2.75, 3.05) is 13.2 Å². The summed E-state index contributed by atoms with van der Waals surface area (Å²) < 4.78 is 16.9. The molecule has 0 fully saturated rings. The molecule has 0 aliphatic carbocycles. The Balaban J connectivity index is 4.19. The van der Waals surface area contributed by atoms with Crippen LogP contribution >= 0.6 is 0 Å². The minimum absolute atomic E-state index is 0.0621. The first-order valence-electron chi connectivity index (χ1n) is 31.3. The standard InChI is InChI=1S/C63H122O6/c1-6-9-10-11-12-13-26-35-40-45-50-55-63(66)69-60(57-68-62(65)54-49-44-39-34-30-25-21-20-23-28-32-37-42-47-52-59(5)8-3)56-67-61(64)53-48-43-38-33-29-24-19-17-15-14-16-18-22-27-31-36-41-46-51-58(4)7-2/h58-60H,6-57H2,1-5H3/t58?,59?,60-/m1/s1. The molecule has 0 aromatic rings. The lowest BCUT2D eigenvalue weighted by Gasteiger charge is -2.18. The SMILES string of the molecule is CCCCCCCCCCCCCC(=O)O[C@H](COC(=O)CCCCCCCCCCCCCCCCCCCCC(C)CC)COC(=O)CCCCCCCCCCCCCCCCC(C)CC. The highest BCUT2D eigenvalue weighted by Gasteiger charge is 2.19. The molecule has 0 heterocycles. The number of hydrogen-bond acceptors (Lipinski definition) is 6. The molecule has 2 unspecified atom stereocenters. The second-order valence-corrected chi connectivity index (χ2v) is 22.2. The Morgan fingerprint density at radius 3 is 0.754 bits per heavy atom. The molecule has 0 amide bonds. The lowest BCUT2D eigenvalue weighted by Crippen LogP contribution is -2.30. The van der Waals surface area contributed by atoms with Crippen LogP contribution in [0.1, 0.15) is 356 Å². The number of esters is 3. The molecule has 69 heavy (non-hydrogen) atoms. The fourth-order valence-electron chi connectivity index (χ4n) is 9.69. The van der Waals surface area contributed by atoms with Gasteiger partial charge in [0.15, 0.2) is 6.10 Å². The molecule has 0 saturated heterocycles. The Labute approximate surface area is 431 Å². The van der Waals surface area contributed by atoms with Gasteiger partial charge in [-0.15, -0.1) is 0 Å². The van der Waals surface area contributed by atoms with E-state index >= 15 is 0 Å². The predicted molar refractivity (Wildman–Crippen MR) is 298 cm³/mol. The van der Waals surface area contributed by atoms with E-state index in [-0.39, 0.29) is 31.1 Å². The Hall–Kier alpha value is -1.59. The molecule has 0 spiro atoms. The summed E-state index contributed by atoms with van der Waals surface area (Å²) in [6.45, 7) is 11.5. The monoisotopic (exact) mass is 975 g/mol. The van der Waals surface area contributed by atoms with Crippen molar-refractivity contribution in [3.8, 4) is 0 Å². The van der Waals surface area contributed by atoms with E-state index in [1.165, 1.54) is 244 Å². The van der Waals surface area contributed by atoms with Gasteiger partial charge in [0, 0.05) is 19.3 Å². The molecule has 0 aromatic carbocycles. The lowest BCUT2D eigenvalue weighted by molar-refractivity contribution is -0.167. The van der Waals surface area contributed by atoms with Gasteiger partial charge in [0.25, 0.3) is 0 Å². The molecular weight excluding hydrogens is 853 g/mol. The summed E-state index contributed by atoms with van der Waals surface area (Å²) in [4.78, 5) is 38.2. The smallest absolute Gasteiger partial charge is 0.306 e. The van der Waals surface area contributed by atoms with Gasteiger partial charge in [-0.25, -0.2) is 0 Å². The number of carbonyl (C=O) groups excluding carboxylic acids is 3. The maximum atomic E-state index is 12.8. The second kappa shape index (κ2) is 55.7. The van der Waals surface area contributed by atoms with Gasteiger partial charge in [0.1, 0.15) is 13.2 Å². The molecule has 6 heteroatoms. The van der Waals surface area contributed by atoms with Crippen LogP contribution in [-0.4, -0.2) is 37.2 Å². The minimum atomic E-state index is -0.762. The average Bonchev–Trinajstić information content (AvgIpc) is 3.35. The second-order valence-electron chi connectivity index (χ2n) is 22.2. The highest BCUT2D eigenvalue weighted by molar-refractivity contribution is 5.71. The zero-order chi connectivity index (χ0) is 50.4. The first-order chi connectivity index (χ1) is 33.8. The highest BCUT2D eigenvalue weighted by Crippen LogP contribution is 2.19. The van der Waals surface area contributed by atoms with Gasteiger partial charge in [-0.1, -0.05) is 317 Å². The van der Waals surface area contributed by atoms with Crippen LogP contribution in [0.5, 0.6) is 0 Å². The zero-order valence-corrected chi connectivity index (χ0v) is 47.5. The van der Waals surface area contributed by atoms with Crippen molar-refractivity contribution < 1.29 is 28.6 Å². The number of ether oxygens (including phenoxy) is 3. The maximum Gasteiger partial charge on any atom is 0.306 e. The van der Waals surface area contributed by atoms with Gasteiger partial charge in [0.2, 0.25) is 0 Å². The topological polar surface area (TPSA) is 78.9 Å². The van der Waals surface area contributed by atoms with Gasteiger partial charge < -0.3 is 14.2 Å². The summed E-state index contributed by atoms with van der Waals surface area (Å²) in [5, 5.41) is 0. The number of unbranched alkanes of at least 4 members (excludes halogenated alkanes) is 40. The molecule has 0 aliphatic heterocycles. The zero-order valence-electron chi connectivity index (χ0n) is 47.5. The summed E-state index contributed by atoms with van der Waals surface area (Å²) in [5.74, 6) is 0.971. The molecule has 0 bridgehead atoms. The Kier molecular flexibility index (Phi) is 54.4. The van der Waals surface area contributed by atoms with Crippen molar-refractivity contribution in [1.29, 1.82) is 0 Å². The van der Waals surface area contributed by atoms with E-state index in [4.69, 9.17) is 14.2 Å². The minimum Gasteiger partial charge on any atom is -0.462 e. The van der Waals surface area contributed by atoms with Crippen LogP contribution in [0.2, 0.25) is 0 Å².